The minimum absolute atomic E-state index is 0.0439. The minimum Gasteiger partial charge on any atom is -0.352 e. The molecule has 2 aliphatic carbocycles. The molecule has 1 N–H and O–H groups in total. The Hall–Kier alpha value is -1.91. The van der Waals surface area contributed by atoms with E-state index >= 15 is 0 Å². The third kappa shape index (κ3) is 2.53. The van der Waals surface area contributed by atoms with E-state index in [0.717, 1.165) is 11.8 Å². The number of rotatable bonds is 4. The van der Waals surface area contributed by atoms with Crippen LogP contribution in [0.2, 0.25) is 0 Å². The van der Waals surface area contributed by atoms with E-state index < -0.39 is 4.92 Å². The average molecular weight is 274 g/mol. The summed E-state index contributed by atoms with van der Waals surface area (Å²) in [4.78, 5) is 22.3. The van der Waals surface area contributed by atoms with Gasteiger partial charge in [-0.15, -0.1) is 0 Å². The maximum atomic E-state index is 12.0. The minimum atomic E-state index is -0.479. The van der Waals surface area contributed by atoms with Gasteiger partial charge in [-0.05, 0) is 43.1 Å². The van der Waals surface area contributed by atoms with Crippen molar-refractivity contribution in [2.75, 3.05) is 6.54 Å². The summed E-state index contributed by atoms with van der Waals surface area (Å²) >= 11 is 0. The molecule has 2 aliphatic rings. The van der Waals surface area contributed by atoms with Gasteiger partial charge in [0.25, 0.3) is 11.6 Å². The first-order valence-corrected chi connectivity index (χ1v) is 7.16. The highest BCUT2D eigenvalue weighted by atomic mass is 16.6. The van der Waals surface area contributed by atoms with Crippen LogP contribution in [0.25, 0.3) is 0 Å². The number of carbonyl (C=O) groups is 1. The van der Waals surface area contributed by atoms with Gasteiger partial charge in [0.2, 0.25) is 0 Å². The SMILES string of the molecule is O=C(NC[C@@H]1C[C@@H]2CC[C@@H]1C2)c1cccc([N+](=O)[O-])c1. The summed E-state index contributed by atoms with van der Waals surface area (Å²) in [6, 6.07) is 5.89. The van der Waals surface area contributed by atoms with Crippen LogP contribution in [0, 0.1) is 27.9 Å². The van der Waals surface area contributed by atoms with E-state index in [1.807, 2.05) is 0 Å². The maximum absolute atomic E-state index is 12.0. The zero-order valence-electron chi connectivity index (χ0n) is 11.2. The zero-order valence-corrected chi connectivity index (χ0v) is 11.2. The van der Waals surface area contributed by atoms with Crippen LogP contribution >= 0.6 is 0 Å². The van der Waals surface area contributed by atoms with Gasteiger partial charge in [0, 0.05) is 24.2 Å². The van der Waals surface area contributed by atoms with E-state index in [1.54, 1.807) is 12.1 Å². The standard InChI is InChI=1S/C15H18N2O3/c18-15(12-2-1-3-14(8-12)17(19)20)16-9-13-7-10-4-5-11(13)6-10/h1-3,8,10-11,13H,4-7,9H2,(H,16,18)/t10-,11-,13+/m1/s1. The lowest BCUT2D eigenvalue weighted by Gasteiger charge is -2.21. The molecule has 2 bridgehead atoms. The van der Waals surface area contributed by atoms with Crippen LogP contribution in [0.3, 0.4) is 0 Å². The molecule has 106 valence electrons. The maximum Gasteiger partial charge on any atom is 0.270 e. The van der Waals surface area contributed by atoms with Crippen LogP contribution in [0.15, 0.2) is 24.3 Å². The van der Waals surface area contributed by atoms with Gasteiger partial charge in [0.1, 0.15) is 0 Å². The number of hydrogen-bond donors (Lipinski definition) is 1. The Morgan fingerprint density at radius 2 is 2.20 bits per heavy atom. The van der Waals surface area contributed by atoms with E-state index in [9.17, 15) is 14.9 Å². The monoisotopic (exact) mass is 274 g/mol. The van der Waals surface area contributed by atoms with Crippen molar-refractivity contribution in [3.05, 3.63) is 39.9 Å². The molecule has 3 atom stereocenters. The lowest BCUT2D eigenvalue weighted by molar-refractivity contribution is -0.384. The van der Waals surface area contributed by atoms with Crippen molar-refractivity contribution >= 4 is 11.6 Å². The summed E-state index contributed by atoms with van der Waals surface area (Å²) in [6.07, 6.45) is 5.18. The number of nitrogens with zero attached hydrogens (tertiary/aromatic N) is 1. The Morgan fingerprint density at radius 1 is 1.35 bits per heavy atom. The number of benzene rings is 1. The zero-order chi connectivity index (χ0) is 14.1. The first kappa shape index (κ1) is 13.1. The second kappa shape index (κ2) is 5.23. The number of fused-ring (bicyclic) bond motifs is 2. The van der Waals surface area contributed by atoms with Crippen molar-refractivity contribution < 1.29 is 9.72 Å². The number of nitrogens with one attached hydrogen (secondary N) is 1. The fraction of sp³-hybridized carbons (Fsp3) is 0.533. The van der Waals surface area contributed by atoms with Crippen molar-refractivity contribution in [1.29, 1.82) is 0 Å². The molecule has 1 aromatic carbocycles. The summed E-state index contributed by atoms with van der Waals surface area (Å²) in [5, 5.41) is 13.6. The largest absolute Gasteiger partial charge is 0.352 e. The number of nitro groups is 1. The summed E-state index contributed by atoms with van der Waals surface area (Å²) in [7, 11) is 0. The van der Waals surface area contributed by atoms with Gasteiger partial charge in [-0.2, -0.15) is 0 Å². The van der Waals surface area contributed by atoms with E-state index in [-0.39, 0.29) is 11.6 Å². The quantitative estimate of drug-likeness (QED) is 0.677. The van der Waals surface area contributed by atoms with E-state index in [0.29, 0.717) is 18.0 Å². The van der Waals surface area contributed by atoms with Crippen LogP contribution in [0.5, 0.6) is 0 Å². The van der Waals surface area contributed by atoms with Gasteiger partial charge < -0.3 is 5.32 Å². The summed E-state index contributed by atoms with van der Waals surface area (Å²) in [6.45, 7) is 0.697. The molecule has 0 aromatic heterocycles. The highest BCUT2D eigenvalue weighted by Gasteiger charge is 2.39. The second-order valence-electron chi connectivity index (χ2n) is 5.95. The molecular weight excluding hydrogens is 256 g/mol. The highest BCUT2D eigenvalue weighted by Crippen LogP contribution is 2.47. The Morgan fingerprint density at radius 3 is 2.85 bits per heavy atom. The number of amides is 1. The van der Waals surface area contributed by atoms with Crippen LogP contribution in [-0.4, -0.2) is 17.4 Å². The molecule has 0 radical (unpaired) electrons. The molecule has 0 unspecified atom stereocenters. The Kier molecular flexibility index (Phi) is 3.42. The first-order valence-electron chi connectivity index (χ1n) is 7.16. The summed E-state index contributed by atoms with van der Waals surface area (Å²) in [5.74, 6) is 2.01. The fourth-order valence-corrected chi connectivity index (χ4v) is 3.71. The number of nitro benzene ring substituents is 1. The average Bonchev–Trinajstić information content (AvgIpc) is 3.07. The van der Waals surface area contributed by atoms with Crippen molar-refractivity contribution in [3.63, 3.8) is 0 Å². The number of non-ortho nitro benzene ring substituents is 1. The molecular formula is C15H18N2O3. The summed E-state index contributed by atoms with van der Waals surface area (Å²) in [5.41, 5.74) is 0.319. The topological polar surface area (TPSA) is 72.2 Å². The molecule has 20 heavy (non-hydrogen) atoms. The third-order valence-corrected chi connectivity index (χ3v) is 4.73. The van der Waals surface area contributed by atoms with Crippen LogP contribution in [-0.2, 0) is 0 Å². The fourth-order valence-electron chi connectivity index (χ4n) is 3.71. The molecule has 2 saturated carbocycles. The lowest BCUT2D eigenvalue weighted by atomic mass is 9.89. The van der Waals surface area contributed by atoms with Gasteiger partial charge in [-0.1, -0.05) is 12.5 Å². The van der Waals surface area contributed by atoms with Crippen molar-refractivity contribution in [2.24, 2.45) is 17.8 Å². The number of hydrogen-bond acceptors (Lipinski definition) is 3. The predicted octanol–water partition coefficient (Wildman–Crippen LogP) is 2.76. The van der Waals surface area contributed by atoms with Crippen LogP contribution in [0.1, 0.15) is 36.0 Å². The van der Waals surface area contributed by atoms with Gasteiger partial charge in [-0.25, -0.2) is 0 Å². The van der Waals surface area contributed by atoms with Gasteiger partial charge in [-0.3, -0.25) is 14.9 Å². The van der Waals surface area contributed by atoms with Gasteiger partial charge >= 0.3 is 0 Å². The van der Waals surface area contributed by atoms with Crippen molar-refractivity contribution in [3.8, 4) is 0 Å². The highest BCUT2D eigenvalue weighted by molar-refractivity contribution is 5.94. The predicted molar refractivity (Wildman–Crippen MR) is 74.4 cm³/mol. The van der Waals surface area contributed by atoms with E-state index in [2.05, 4.69) is 5.32 Å². The molecule has 1 amide bonds. The second-order valence-corrected chi connectivity index (χ2v) is 5.95. The Balaban J connectivity index is 1.59. The van der Waals surface area contributed by atoms with Crippen LogP contribution < -0.4 is 5.32 Å². The van der Waals surface area contributed by atoms with E-state index in [1.165, 1.54) is 37.8 Å². The molecule has 1 aromatic rings. The lowest BCUT2D eigenvalue weighted by Crippen LogP contribution is -2.31. The molecule has 5 nitrogen and oxygen atoms in total. The Labute approximate surface area is 117 Å². The first-order chi connectivity index (χ1) is 9.63. The Bertz CT molecular complexity index is 544. The summed E-state index contributed by atoms with van der Waals surface area (Å²) < 4.78 is 0. The van der Waals surface area contributed by atoms with Crippen molar-refractivity contribution in [2.45, 2.75) is 25.7 Å². The molecule has 0 heterocycles. The molecule has 0 saturated heterocycles. The van der Waals surface area contributed by atoms with E-state index in [4.69, 9.17) is 0 Å². The van der Waals surface area contributed by atoms with Crippen LogP contribution in [0.4, 0.5) is 5.69 Å². The molecule has 0 spiro atoms. The molecule has 5 heteroatoms. The van der Waals surface area contributed by atoms with Gasteiger partial charge in [0.05, 0.1) is 4.92 Å². The normalized spacial score (nSPS) is 27.5. The molecule has 3 rings (SSSR count). The molecule has 2 fully saturated rings. The molecule has 0 aliphatic heterocycles. The number of carbonyl (C=O) groups excluding carboxylic acids is 1. The smallest absolute Gasteiger partial charge is 0.270 e. The third-order valence-electron chi connectivity index (χ3n) is 4.73. The van der Waals surface area contributed by atoms with Gasteiger partial charge in [0.15, 0.2) is 0 Å². The van der Waals surface area contributed by atoms with Crippen molar-refractivity contribution in [1.82, 2.24) is 5.32 Å².